The molecule has 0 fully saturated rings. The van der Waals surface area contributed by atoms with Gasteiger partial charge in [-0.05, 0) is 60.0 Å². The van der Waals surface area contributed by atoms with Crippen LogP contribution in [0, 0.1) is 5.82 Å². The van der Waals surface area contributed by atoms with Crippen LogP contribution in [0.1, 0.15) is 28.0 Å². The Morgan fingerprint density at radius 3 is 2.87 bits per heavy atom. The minimum absolute atomic E-state index is 0.0303. The molecule has 0 atom stereocenters. The van der Waals surface area contributed by atoms with Crippen molar-refractivity contribution in [3.8, 4) is 0 Å². The molecule has 7 heteroatoms. The van der Waals surface area contributed by atoms with Gasteiger partial charge in [-0.15, -0.1) is 0 Å². The number of anilines is 2. The topological polar surface area (TPSA) is 76.0 Å². The van der Waals surface area contributed by atoms with Crippen LogP contribution in [0.2, 0.25) is 0 Å². The zero-order chi connectivity index (χ0) is 21.4. The van der Waals surface area contributed by atoms with Crippen LogP contribution in [0.3, 0.4) is 0 Å². The fraction of sp³-hybridized carbons (Fsp3) is 0.125. The zero-order valence-electron chi connectivity index (χ0n) is 16.6. The molecule has 1 aliphatic rings. The van der Waals surface area contributed by atoms with Gasteiger partial charge in [0.05, 0.1) is 0 Å². The fourth-order valence-corrected chi connectivity index (χ4v) is 3.90. The van der Waals surface area contributed by atoms with Crippen LogP contribution >= 0.6 is 0 Å². The summed E-state index contributed by atoms with van der Waals surface area (Å²) in [5.74, 6) is -0.669. The smallest absolute Gasteiger partial charge is 0.272 e. The highest BCUT2D eigenvalue weighted by Crippen LogP contribution is 2.27. The SMILES string of the molecule is O=C1CCc2ccc(NC(=O)c3cc4cccnc4n3Cc3cccc(F)c3)cc2N1. The Morgan fingerprint density at radius 2 is 2.00 bits per heavy atom. The third-order valence-corrected chi connectivity index (χ3v) is 5.38. The summed E-state index contributed by atoms with van der Waals surface area (Å²) in [5.41, 5.74) is 4.14. The monoisotopic (exact) mass is 414 g/mol. The van der Waals surface area contributed by atoms with E-state index in [1.807, 2.05) is 30.3 Å². The van der Waals surface area contributed by atoms with Gasteiger partial charge in [-0.3, -0.25) is 9.59 Å². The maximum Gasteiger partial charge on any atom is 0.272 e. The van der Waals surface area contributed by atoms with Gasteiger partial charge in [0.25, 0.3) is 5.91 Å². The average Bonchev–Trinajstić information content (AvgIpc) is 3.12. The van der Waals surface area contributed by atoms with E-state index >= 15 is 0 Å². The molecule has 0 unspecified atom stereocenters. The molecule has 2 aromatic heterocycles. The van der Waals surface area contributed by atoms with E-state index in [2.05, 4.69) is 15.6 Å². The molecule has 0 bridgehead atoms. The van der Waals surface area contributed by atoms with Crippen molar-refractivity contribution in [3.63, 3.8) is 0 Å². The Balaban J connectivity index is 1.49. The fourth-order valence-electron chi connectivity index (χ4n) is 3.90. The van der Waals surface area contributed by atoms with Gasteiger partial charge >= 0.3 is 0 Å². The molecule has 1 aliphatic heterocycles. The van der Waals surface area contributed by atoms with Crippen molar-refractivity contribution in [2.75, 3.05) is 10.6 Å². The molecule has 0 saturated carbocycles. The lowest BCUT2D eigenvalue weighted by Crippen LogP contribution is -2.20. The molecule has 0 radical (unpaired) electrons. The van der Waals surface area contributed by atoms with Gasteiger partial charge in [0.2, 0.25) is 5.91 Å². The number of rotatable bonds is 4. The Labute approximate surface area is 177 Å². The van der Waals surface area contributed by atoms with Crippen molar-refractivity contribution in [2.24, 2.45) is 0 Å². The van der Waals surface area contributed by atoms with Gasteiger partial charge in [-0.2, -0.15) is 0 Å². The highest BCUT2D eigenvalue weighted by atomic mass is 19.1. The maximum absolute atomic E-state index is 13.7. The van der Waals surface area contributed by atoms with Crippen molar-refractivity contribution in [1.82, 2.24) is 9.55 Å². The summed E-state index contributed by atoms with van der Waals surface area (Å²) in [4.78, 5) is 29.3. The number of amides is 2. The Bertz CT molecular complexity index is 1330. The second kappa shape index (κ2) is 7.68. The minimum atomic E-state index is -0.330. The van der Waals surface area contributed by atoms with Crippen LogP contribution in [0.15, 0.2) is 66.9 Å². The Kier molecular flexibility index (Phi) is 4.71. The van der Waals surface area contributed by atoms with Crippen LogP contribution in [-0.4, -0.2) is 21.4 Å². The molecule has 3 heterocycles. The largest absolute Gasteiger partial charge is 0.326 e. The van der Waals surface area contributed by atoms with Crippen LogP contribution in [0.4, 0.5) is 15.8 Å². The molecule has 4 aromatic rings. The Hall–Kier alpha value is -4.00. The predicted molar refractivity (Wildman–Crippen MR) is 117 cm³/mol. The second-order valence-electron chi connectivity index (χ2n) is 7.54. The second-order valence-corrected chi connectivity index (χ2v) is 7.54. The van der Waals surface area contributed by atoms with E-state index in [1.165, 1.54) is 12.1 Å². The molecule has 6 nitrogen and oxygen atoms in total. The number of halogens is 1. The molecule has 31 heavy (non-hydrogen) atoms. The summed E-state index contributed by atoms with van der Waals surface area (Å²) in [7, 11) is 0. The molecule has 2 amide bonds. The molecular weight excluding hydrogens is 395 g/mol. The average molecular weight is 414 g/mol. The third-order valence-electron chi connectivity index (χ3n) is 5.38. The number of nitrogens with zero attached hydrogens (tertiary/aromatic N) is 2. The number of carbonyl (C=O) groups excluding carboxylic acids is 2. The normalized spacial score (nSPS) is 13.0. The number of aryl methyl sites for hydroxylation is 1. The number of carbonyl (C=O) groups is 2. The van der Waals surface area contributed by atoms with Gasteiger partial charge in [0.15, 0.2) is 0 Å². The van der Waals surface area contributed by atoms with Crippen LogP contribution in [0.25, 0.3) is 11.0 Å². The lowest BCUT2D eigenvalue weighted by atomic mass is 10.0. The van der Waals surface area contributed by atoms with Crippen LogP contribution in [-0.2, 0) is 17.8 Å². The third kappa shape index (κ3) is 3.77. The number of hydrogen-bond donors (Lipinski definition) is 2. The number of hydrogen-bond acceptors (Lipinski definition) is 3. The van der Waals surface area contributed by atoms with E-state index in [0.29, 0.717) is 36.4 Å². The van der Waals surface area contributed by atoms with Crippen molar-refractivity contribution in [2.45, 2.75) is 19.4 Å². The van der Waals surface area contributed by atoms with Gasteiger partial charge in [-0.1, -0.05) is 18.2 Å². The summed E-state index contributed by atoms with van der Waals surface area (Å²) in [6.07, 6.45) is 2.81. The standard InChI is InChI=1S/C24H19FN4O2/c25-18-5-1-3-15(11-18)14-29-21(12-17-4-2-10-26-23(17)29)24(31)27-19-8-6-16-7-9-22(30)28-20(16)13-19/h1-6,8,10-13H,7,9,14H2,(H,27,31)(H,28,30). The molecule has 5 rings (SSSR count). The van der Waals surface area contributed by atoms with Crippen molar-refractivity contribution < 1.29 is 14.0 Å². The Morgan fingerprint density at radius 1 is 1.10 bits per heavy atom. The van der Waals surface area contributed by atoms with E-state index in [1.54, 1.807) is 29.0 Å². The van der Waals surface area contributed by atoms with E-state index in [0.717, 1.165) is 22.2 Å². The quantitative estimate of drug-likeness (QED) is 0.521. The van der Waals surface area contributed by atoms with Crippen molar-refractivity contribution in [3.05, 3.63) is 89.5 Å². The van der Waals surface area contributed by atoms with E-state index in [9.17, 15) is 14.0 Å². The molecule has 154 valence electrons. The first-order valence-electron chi connectivity index (χ1n) is 10.00. The number of nitrogens with one attached hydrogen (secondary N) is 2. The zero-order valence-corrected chi connectivity index (χ0v) is 16.6. The summed E-state index contributed by atoms with van der Waals surface area (Å²) in [6.45, 7) is 0.307. The van der Waals surface area contributed by atoms with E-state index in [4.69, 9.17) is 0 Å². The van der Waals surface area contributed by atoms with Gasteiger partial charge in [0, 0.05) is 35.9 Å². The van der Waals surface area contributed by atoms with Crippen molar-refractivity contribution >= 4 is 34.2 Å². The summed E-state index contributed by atoms with van der Waals surface area (Å²) >= 11 is 0. The number of fused-ring (bicyclic) bond motifs is 2. The van der Waals surface area contributed by atoms with Crippen molar-refractivity contribution in [1.29, 1.82) is 0 Å². The first-order valence-corrected chi connectivity index (χ1v) is 10.00. The molecule has 2 N–H and O–H groups in total. The first kappa shape index (κ1) is 19.0. The molecule has 0 saturated heterocycles. The summed E-state index contributed by atoms with van der Waals surface area (Å²) in [6, 6.07) is 17.3. The van der Waals surface area contributed by atoms with Crippen LogP contribution < -0.4 is 10.6 Å². The molecule has 2 aromatic carbocycles. The maximum atomic E-state index is 13.7. The van der Waals surface area contributed by atoms with Crippen LogP contribution in [0.5, 0.6) is 0 Å². The molecule has 0 spiro atoms. The van der Waals surface area contributed by atoms with E-state index < -0.39 is 0 Å². The van der Waals surface area contributed by atoms with Gasteiger partial charge in [0.1, 0.15) is 17.2 Å². The number of aromatic nitrogens is 2. The first-order chi connectivity index (χ1) is 15.1. The van der Waals surface area contributed by atoms with Gasteiger partial charge < -0.3 is 15.2 Å². The molecular formula is C24H19FN4O2. The highest BCUT2D eigenvalue weighted by Gasteiger charge is 2.19. The minimum Gasteiger partial charge on any atom is -0.326 e. The van der Waals surface area contributed by atoms with Gasteiger partial charge in [-0.25, -0.2) is 9.37 Å². The molecule has 0 aliphatic carbocycles. The summed E-state index contributed by atoms with van der Waals surface area (Å²) < 4.78 is 15.5. The lowest BCUT2D eigenvalue weighted by Gasteiger charge is -2.18. The predicted octanol–water partition coefficient (Wildman–Crippen LogP) is 4.36. The summed E-state index contributed by atoms with van der Waals surface area (Å²) in [5, 5.41) is 6.57. The van der Waals surface area contributed by atoms with E-state index in [-0.39, 0.29) is 17.6 Å². The highest BCUT2D eigenvalue weighted by molar-refractivity contribution is 6.06. The lowest BCUT2D eigenvalue weighted by molar-refractivity contribution is -0.116. The number of pyridine rings is 1. The number of benzene rings is 2.